The first-order valence-electron chi connectivity index (χ1n) is 6.52. The zero-order chi connectivity index (χ0) is 16.1. The van der Waals surface area contributed by atoms with Crippen LogP contribution < -0.4 is 0 Å². The van der Waals surface area contributed by atoms with Gasteiger partial charge in [-0.1, -0.05) is 29.8 Å². The van der Waals surface area contributed by atoms with Gasteiger partial charge in [0.15, 0.2) is 5.78 Å². The Hall–Kier alpha value is -2.91. The molecule has 0 bridgehead atoms. The van der Waals surface area contributed by atoms with E-state index >= 15 is 0 Å². The van der Waals surface area contributed by atoms with Gasteiger partial charge in [-0.15, -0.1) is 0 Å². The van der Waals surface area contributed by atoms with Crippen molar-refractivity contribution >= 4 is 23.3 Å². The average molecular weight is 297 g/mol. The van der Waals surface area contributed by atoms with Crippen molar-refractivity contribution in [3.63, 3.8) is 0 Å². The van der Waals surface area contributed by atoms with Crippen LogP contribution in [0.2, 0.25) is 0 Å². The number of hydrogen-bond acceptors (Lipinski definition) is 4. The number of rotatable bonds is 1. The maximum atomic E-state index is 13.2. The summed E-state index contributed by atoms with van der Waals surface area (Å²) in [6.07, 6.45) is 0.576. The van der Waals surface area contributed by atoms with E-state index in [1.807, 2.05) is 25.1 Å². The first-order valence-corrected chi connectivity index (χ1v) is 6.52. The quantitative estimate of drug-likeness (QED) is 0.813. The van der Waals surface area contributed by atoms with E-state index in [1.54, 1.807) is 12.1 Å². The first kappa shape index (κ1) is 15.5. The van der Waals surface area contributed by atoms with Crippen LogP contribution in [0.5, 0.6) is 0 Å². The molecule has 5 heteroatoms. The molecular weight excluding hydrogens is 285 g/mol. The predicted octanol–water partition coefficient (Wildman–Crippen LogP) is 2.80. The Labute approximate surface area is 126 Å². The second-order valence-corrected chi connectivity index (χ2v) is 4.79. The molecule has 0 saturated carbocycles. The highest BCUT2D eigenvalue weighted by molar-refractivity contribution is 6.47. The van der Waals surface area contributed by atoms with E-state index in [0.29, 0.717) is 17.7 Å². The van der Waals surface area contributed by atoms with Crippen molar-refractivity contribution < 1.29 is 18.8 Å². The van der Waals surface area contributed by atoms with Crippen LogP contribution >= 0.6 is 0 Å². The number of carbonyl (C=O) groups excluding carboxylic acids is 3. The molecule has 0 fully saturated rings. The molecule has 0 radical (unpaired) electrons. The van der Waals surface area contributed by atoms with Crippen LogP contribution in [-0.2, 0) is 20.8 Å². The van der Waals surface area contributed by atoms with Crippen molar-refractivity contribution in [3.05, 3.63) is 65.0 Å². The van der Waals surface area contributed by atoms with Gasteiger partial charge in [-0.2, -0.15) is 9.59 Å². The van der Waals surface area contributed by atoms with Gasteiger partial charge in [0.25, 0.3) is 0 Å². The van der Waals surface area contributed by atoms with E-state index in [1.165, 1.54) is 12.1 Å². The molecule has 4 nitrogen and oxygen atoms in total. The summed E-state index contributed by atoms with van der Waals surface area (Å²) in [4.78, 5) is 32.8. The molecular formula is C17H12FNO3. The van der Waals surface area contributed by atoms with E-state index in [2.05, 4.69) is 4.99 Å². The normalized spacial score (nSPS) is 12.5. The van der Waals surface area contributed by atoms with Crippen molar-refractivity contribution in [1.82, 2.24) is 0 Å². The highest BCUT2D eigenvalue weighted by atomic mass is 19.1. The number of hydrogen-bond donors (Lipinski definition) is 0. The lowest BCUT2D eigenvalue weighted by atomic mass is 9.95. The minimum absolute atomic E-state index is 0.0660. The molecule has 0 spiro atoms. The Kier molecular flexibility index (Phi) is 4.71. The molecule has 2 aromatic rings. The lowest BCUT2D eigenvalue weighted by molar-refractivity contribution is -0.191. The summed E-state index contributed by atoms with van der Waals surface area (Å²) in [6.45, 7) is 1.98. The standard InChI is InChI=1S/C16H12FNO.CO2/c1-10-5-6-14-12(7-10)9-15(19)16(18-14)11-3-2-4-13(17)8-11;2-1-3/h2-8H,9H2,1H3;. The van der Waals surface area contributed by atoms with Crippen LogP contribution in [-0.4, -0.2) is 17.6 Å². The Morgan fingerprint density at radius 1 is 1.14 bits per heavy atom. The fourth-order valence-corrected chi connectivity index (χ4v) is 2.27. The number of Topliss-reactive ketones (excluding diaryl/α,β-unsaturated/α-hetero) is 1. The molecule has 0 aromatic heterocycles. The van der Waals surface area contributed by atoms with Crippen molar-refractivity contribution in [2.24, 2.45) is 4.99 Å². The van der Waals surface area contributed by atoms with E-state index < -0.39 is 0 Å². The van der Waals surface area contributed by atoms with Gasteiger partial charge in [-0.05, 0) is 30.7 Å². The van der Waals surface area contributed by atoms with Crippen LogP contribution in [0.15, 0.2) is 47.5 Å². The van der Waals surface area contributed by atoms with Crippen molar-refractivity contribution in [3.8, 4) is 0 Å². The zero-order valence-corrected chi connectivity index (χ0v) is 11.8. The van der Waals surface area contributed by atoms with Gasteiger partial charge >= 0.3 is 6.15 Å². The predicted molar refractivity (Wildman–Crippen MR) is 77.5 cm³/mol. The number of carbonyl (C=O) groups is 1. The molecule has 0 aliphatic carbocycles. The second-order valence-electron chi connectivity index (χ2n) is 4.79. The minimum Gasteiger partial charge on any atom is -0.292 e. The summed E-state index contributed by atoms with van der Waals surface area (Å²) >= 11 is 0. The molecule has 22 heavy (non-hydrogen) atoms. The third-order valence-electron chi connectivity index (χ3n) is 3.18. The van der Waals surface area contributed by atoms with Crippen LogP contribution in [0.25, 0.3) is 0 Å². The van der Waals surface area contributed by atoms with Crippen LogP contribution in [0.4, 0.5) is 10.1 Å². The van der Waals surface area contributed by atoms with E-state index in [9.17, 15) is 9.18 Å². The first-order chi connectivity index (χ1) is 10.5. The smallest absolute Gasteiger partial charge is 0.292 e. The van der Waals surface area contributed by atoms with E-state index in [0.717, 1.165) is 16.8 Å². The van der Waals surface area contributed by atoms with E-state index in [4.69, 9.17) is 9.59 Å². The third kappa shape index (κ3) is 3.40. The summed E-state index contributed by atoms with van der Waals surface area (Å²) in [5.74, 6) is -0.425. The lowest BCUT2D eigenvalue weighted by Gasteiger charge is -2.15. The maximum Gasteiger partial charge on any atom is 0.373 e. The molecule has 0 unspecified atom stereocenters. The van der Waals surface area contributed by atoms with Gasteiger partial charge in [-0.3, -0.25) is 4.79 Å². The Balaban J connectivity index is 0.000000545. The summed E-state index contributed by atoms with van der Waals surface area (Å²) < 4.78 is 13.2. The Morgan fingerprint density at radius 3 is 2.55 bits per heavy atom. The topological polar surface area (TPSA) is 63.6 Å². The SMILES string of the molecule is Cc1ccc2c(c1)CC(=O)C(c1cccc(F)c1)=N2.O=C=O. The largest absolute Gasteiger partial charge is 0.373 e. The molecule has 1 aliphatic heterocycles. The van der Waals surface area contributed by atoms with Gasteiger partial charge < -0.3 is 0 Å². The zero-order valence-electron chi connectivity index (χ0n) is 11.8. The number of aliphatic imine (C=N–C) groups is 1. The summed E-state index contributed by atoms with van der Waals surface area (Å²) in [5, 5.41) is 0. The fraction of sp³-hybridized carbons (Fsp3) is 0.118. The second kappa shape index (κ2) is 6.70. The molecule has 0 amide bonds. The van der Waals surface area contributed by atoms with Gasteiger partial charge in [-0.25, -0.2) is 9.38 Å². The summed E-state index contributed by atoms with van der Waals surface area (Å²) in [7, 11) is 0. The third-order valence-corrected chi connectivity index (χ3v) is 3.18. The maximum absolute atomic E-state index is 13.2. The van der Waals surface area contributed by atoms with Crippen LogP contribution in [0, 0.1) is 12.7 Å². The summed E-state index contributed by atoms with van der Waals surface area (Å²) in [5.41, 5.74) is 3.72. The van der Waals surface area contributed by atoms with Crippen molar-refractivity contribution in [2.45, 2.75) is 13.3 Å². The number of halogens is 1. The molecule has 0 N–H and O–H groups in total. The lowest BCUT2D eigenvalue weighted by Crippen LogP contribution is -2.21. The average Bonchev–Trinajstić information content (AvgIpc) is 2.47. The highest BCUT2D eigenvalue weighted by Gasteiger charge is 2.21. The monoisotopic (exact) mass is 297 g/mol. The molecule has 1 aliphatic rings. The number of nitrogens with zero attached hydrogens (tertiary/aromatic N) is 1. The van der Waals surface area contributed by atoms with Gasteiger partial charge in [0, 0.05) is 12.0 Å². The number of benzene rings is 2. The molecule has 110 valence electrons. The van der Waals surface area contributed by atoms with Crippen molar-refractivity contribution in [1.29, 1.82) is 0 Å². The Bertz CT molecular complexity index is 790. The molecule has 2 aromatic carbocycles. The molecule has 0 saturated heterocycles. The summed E-state index contributed by atoms with van der Waals surface area (Å²) in [6, 6.07) is 11.8. The number of fused-ring (bicyclic) bond motifs is 1. The van der Waals surface area contributed by atoms with Gasteiger partial charge in [0.2, 0.25) is 0 Å². The van der Waals surface area contributed by atoms with Gasteiger partial charge in [0.05, 0.1) is 5.69 Å². The molecule has 3 rings (SSSR count). The van der Waals surface area contributed by atoms with Crippen LogP contribution in [0.1, 0.15) is 16.7 Å². The highest BCUT2D eigenvalue weighted by Crippen LogP contribution is 2.27. The van der Waals surface area contributed by atoms with Gasteiger partial charge in [0.1, 0.15) is 11.5 Å². The number of ketones is 1. The van der Waals surface area contributed by atoms with Crippen LogP contribution in [0.3, 0.4) is 0 Å². The minimum atomic E-state index is -0.359. The molecule has 1 heterocycles. The van der Waals surface area contributed by atoms with Crippen molar-refractivity contribution in [2.75, 3.05) is 0 Å². The fourth-order valence-electron chi connectivity index (χ4n) is 2.27. The van der Waals surface area contributed by atoms with E-state index in [-0.39, 0.29) is 17.8 Å². The molecule has 0 atom stereocenters. The Morgan fingerprint density at radius 2 is 1.86 bits per heavy atom. The number of aryl methyl sites for hydroxylation is 1.